The third kappa shape index (κ3) is 3.55. The molecule has 0 aromatic heterocycles. The van der Waals surface area contributed by atoms with Crippen LogP contribution in [-0.4, -0.2) is 31.5 Å². The zero-order valence-electron chi connectivity index (χ0n) is 10.1. The Morgan fingerprint density at radius 3 is 2.25 bits per heavy atom. The highest BCUT2D eigenvalue weighted by Gasteiger charge is 2.12. The third-order valence-corrected chi connectivity index (χ3v) is 2.53. The average Bonchev–Trinajstić information content (AvgIpc) is 2.20. The number of hydrogen-bond acceptors (Lipinski definition) is 2. The van der Waals surface area contributed by atoms with Crippen LogP contribution < -0.4 is 11.5 Å². The zero-order valence-corrected chi connectivity index (χ0v) is 10.1. The molecule has 1 unspecified atom stereocenters. The van der Waals surface area contributed by atoms with Crippen LogP contribution in [0, 0.1) is 6.92 Å². The minimum Gasteiger partial charge on any atom is -0.370 e. The lowest BCUT2D eigenvalue weighted by Gasteiger charge is -2.23. The van der Waals surface area contributed by atoms with Crippen molar-refractivity contribution in [1.29, 1.82) is 0 Å². The number of nitrogens with two attached hydrogens (primary N) is 2. The van der Waals surface area contributed by atoms with Gasteiger partial charge in [0.25, 0.3) is 0 Å². The predicted molar refractivity (Wildman–Crippen MR) is 68.3 cm³/mol. The lowest BCUT2D eigenvalue weighted by atomic mass is 10.0. The number of rotatable bonds is 4. The molecule has 4 heteroatoms. The van der Waals surface area contributed by atoms with E-state index < -0.39 is 0 Å². The molecule has 4 N–H and O–H groups in total. The molecule has 0 spiro atoms. The Hall–Kier alpha value is -1.55. The SMILES string of the molecule is Cc1ccc(C(CN=C(N)N)N(C)C)cc1. The molecule has 1 aromatic rings. The van der Waals surface area contributed by atoms with Gasteiger partial charge in [0.1, 0.15) is 0 Å². The van der Waals surface area contributed by atoms with Crippen LogP contribution in [0.15, 0.2) is 29.3 Å². The minimum atomic E-state index is 0.138. The Bertz CT molecular complexity index is 350. The van der Waals surface area contributed by atoms with Gasteiger partial charge < -0.3 is 16.4 Å². The van der Waals surface area contributed by atoms with Crippen molar-refractivity contribution in [3.63, 3.8) is 0 Å². The van der Waals surface area contributed by atoms with Crippen molar-refractivity contribution in [2.24, 2.45) is 16.5 Å². The van der Waals surface area contributed by atoms with Gasteiger partial charge in [0, 0.05) is 0 Å². The molecule has 16 heavy (non-hydrogen) atoms. The average molecular weight is 220 g/mol. The van der Waals surface area contributed by atoms with E-state index in [1.807, 2.05) is 14.1 Å². The van der Waals surface area contributed by atoms with E-state index in [1.54, 1.807) is 0 Å². The first kappa shape index (κ1) is 12.5. The van der Waals surface area contributed by atoms with E-state index in [0.717, 1.165) is 0 Å². The quantitative estimate of drug-likeness (QED) is 0.584. The van der Waals surface area contributed by atoms with Gasteiger partial charge in [-0.1, -0.05) is 29.8 Å². The Kier molecular flexibility index (Phi) is 4.31. The molecule has 0 aliphatic heterocycles. The van der Waals surface area contributed by atoms with E-state index in [1.165, 1.54) is 11.1 Å². The van der Waals surface area contributed by atoms with Crippen molar-refractivity contribution in [3.05, 3.63) is 35.4 Å². The predicted octanol–water partition coefficient (Wildman–Crippen LogP) is 0.871. The molecule has 0 fully saturated rings. The highest BCUT2D eigenvalue weighted by molar-refractivity contribution is 5.75. The van der Waals surface area contributed by atoms with Gasteiger partial charge in [-0.25, -0.2) is 0 Å². The van der Waals surface area contributed by atoms with Crippen LogP contribution in [0.1, 0.15) is 17.2 Å². The van der Waals surface area contributed by atoms with Crippen LogP contribution >= 0.6 is 0 Å². The fourth-order valence-electron chi connectivity index (χ4n) is 1.55. The Morgan fingerprint density at radius 1 is 1.25 bits per heavy atom. The summed E-state index contributed by atoms with van der Waals surface area (Å²) in [6.07, 6.45) is 0. The van der Waals surface area contributed by atoms with Gasteiger partial charge in [-0.3, -0.25) is 4.99 Å². The standard InChI is InChI=1S/C12H20N4/c1-9-4-6-10(7-5-9)11(16(2)3)8-15-12(13)14/h4-7,11H,8H2,1-3H3,(H4,13,14,15). The van der Waals surface area contributed by atoms with Crippen molar-refractivity contribution in [2.45, 2.75) is 13.0 Å². The molecule has 0 heterocycles. The first-order chi connectivity index (χ1) is 7.50. The van der Waals surface area contributed by atoms with Crippen LogP contribution in [0.2, 0.25) is 0 Å². The van der Waals surface area contributed by atoms with Gasteiger partial charge in [0.05, 0.1) is 12.6 Å². The minimum absolute atomic E-state index is 0.138. The van der Waals surface area contributed by atoms with Crippen molar-refractivity contribution < 1.29 is 0 Å². The second-order valence-corrected chi connectivity index (χ2v) is 4.16. The Morgan fingerprint density at radius 2 is 1.81 bits per heavy atom. The van der Waals surface area contributed by atoms with E-state index in [9.17, 15) is 0 Å². The fraction of sp³-hybridized carbons (Fsp3) is 0.417. The summed E-state index contributed by atoms with van der Waals surface area (Å²) in [5, 5.41) is 0. The second kappa shape index (κ2) is 5.51. The highest BCUT2D eigenvalue weighted by atomic mass is 15.1. The van der Waals surface area contributed by atoms with E-state index in [2.05, 4.69) is 41.1 Å². The van der Waals surface area contributed by atoms with Crippen molar-refractivity contribution in [3.8, 4) is 0 Å². The highest BCUT2D eigenvalue weighted by Crippen LogP contribution is 2.18. The molecule has 0 amide bonds. The van der Waals surface area contributed by atoms with Gasteiger partial charge in [-0.05, 0) is 26.6 Å². The molecular weight excluding hydrogens is 200 g/mol. The fourth-order valence-corrected chi connectivity index (χ4v) is 1.55. The normalized spacial score (nSPS) is 12.5. The molecule has 0 radical (unpaired) electrons. The lowest BCUT2D eigenvalue weighted by Crippen LogP contribution is -2.27. The molecule has 1 atom stereocenters. The monoisotopic (exact) mass is 220 g/mol. The van der Waals surface area contributed by atoms with Gasteiger partial charge in [-0.15, -0.1) is 0 Å². The summed E-state index contributed by atoms with van der Waals surface area (Å²) in [6, 6.07) is 8.63. The van der Waals surface area contributed by atoms with Crippen LogP contribution in [-0.2, 0) is 0 Å². The Balaban J connectivity index is 2.85. The summed E-state index contributed by atoms with van der Waals surface area (Å²) in [4.78, 5) is 6.18. The first-order valence-electron chi connectivity index (χ1n) is 5.29. The van der Waals surface area contributed by atoms with E-state index in [4.69, 9.17) is 11.5 Å². The molecule has 0 saturated heterocycles. The molecule has 1 rings (SSSR count). The number of benzene rings is 1. The molecule has 0 saturated carbocycles. The summed E-state index contributed by atoms with van der Waals surface area (Å²) in [6.45, 7) is 2.66. The first-order valence-corrected chi connectivity index (χ1v) is 5.29. The Labute approximate surface area is 97.0 Å². The van der Waals surface area contributed by atoms with E-state index in [-0.39, 0.29) is 12.0 Å². The number of nitrogens with zero attached hydrogens (tertiary/aromatic N) is 2. The van der Waals surface area contributed by atoms with Crippen LogP contribution in [0.5, 0.6) is 0 Å². The summed E-state index contributed by atoms with van der Waals surface area (Å²) in [5.41, 5.74) is 13.2. The van der Waals surface area contributed by atoms with Gasteiger partial charge in [-0.2, -0.15) is 0 Å². The number of aliphatic imine (C=N–C) groups is 1. The number of likely N-dealkylation sites (N-methyl/N-ethyl adjacent to an activating group) is 1. The summed E-state index contributed by atoms with van der Waals surface area (Å²) in [5.74, 6) is 0.138. The second-order valence-electron chi connectivity index (χ2n) is 4.16. The molecule has 4 nitrogen and oxygen atoms in total. The summed E-state index contributed by atoms with van der Waals surface area (Å²) >= 11 is 0. The van der Waals surface area contributed by atoms with Gasteiger partial charge in [0.2, 0.25) is 0 Å². The molecule has 0 aliphatic carbocycles. The van der Waals surface area contributed by atoms with E-state index in [0.29, 0.717) is 6.54 Å². The number of aryl methyl sites for hydroxylation is 1. The lowest BCUT2D eigenvalue weighted by molar-refractivity contribution is 0.306. The zero-order chi connectivity index (χ0) is 12.1. The van der Waals surface area contributed by atoms with Crippen molar-refractivity contribution in [2.75, 3.05) is 20.6 Å². The third-order valence-electron chi connectivity index (χ3n) is 2.53. The number of hydrogen-bond donors (Lipinski definition) is 2. The van der Waals surface area contributed by atoms with E-state index >= 15 is 0 Å². The van der Waals surface area contributed by atoms with Crippen molar-refractivity contribution >= 4 is 5.96 Å². The van der Waals surface area contributed by atoms with Crippen LogP contribution in [0.4, 0.5) is 0 Å². The van der Waals surface area contributed by atoms with Crippen LogP contribution in [0.3, 0.4) is 0 Å². The maximum absolute atomic E-state index is 5.35. The molecule has 88 valence electrons. The molecule has 0 aliphatic rings. The largest absolute Gasteiger partial charge is 0.370 e. The number of guanidine groups is 1. The molecule has 1 aromatic carbocycles. The smallest absolute Gasteiger partial charge is 0.185 e. The summed E-state index contributed by atoms with van der Waals surface area (Å²) < 4.78 is 0. The molecular formula is C12H20N4. The topological polar surface area (TPSA) is 67.6 Å². The van der Waals surface area contributed by atoms with Crippen molar-refractivity contribution in [1.82, 2.24) is 4.90 Å². The molecule has 0 bridgehead atoms. The summed E-state index contributed by atoms with van der Waals surface area (Å²) in [7, 11) is 4.04. The van der Waals surface area contributed by atoms with Crippen LogP contribution in [0.25, 0.3) is 0 Å². The van der Waals surface area contributed by atoms with Gasteiger partial charge >= 0.3 is 0 Å². The van der Waals surface area contributed by atoms with Gasteiger partial charge in [0.15, 0.2) is 5.96 Å². The maximum atomic E-state index is 5.35. The maximum Gasteiger partial charge on any atom is 0.185 e.